The zero-order chi connectivity index (χ0) is 20.2. The molecule has 0 spiro atoms. The third-order valence-electron chi connectivity index (χ3n) is 4.36. The molecule has 3 aromatic rings. The number of esters is 1. The minimum absolute atomic E-state index is 0.263. The van der Waals surface area contributed by atoms with Crippen molar-refractivity contribution in [2.45, 2.75) is 13.5 Å². The number of rotatable bonds is 5. The van der Waals surface area contributed by atoms with Gasteiger partial charge in [-0.2, -0.15) is 0 Å². The Balaban J connectivity index is 1.51. The molecule has 4 nitrogen and oxygen atoms in total. The van der Waals surface area contributed by atoms with Gasteiger partial charge in [0, 0.05) is 10.0 Å². The largest absolute Gasteiger partial charge is 0.489 e. The minimum atomic E-state index is -0.464. The maximum absolute atomic E-state index is 12.2. The van der Waals surface area contributed by atoms with E-state index in [2.05, 4.69) is 40.0 Å². The second kappa shape index (κ2) is 8.45. The van der Waals surface area contributed by atoms with Crippen LogP contribution in [0.5, 0.6) is 5.75 Å². The highest BCUT2D eigenvalue weighted by Gasteiger charge is 2.24. The SMILES string of the molecule is Cc1cccc(COc2cccc(/C=C3\N=C(c4ccc(Br)cc4)OC3=O)c2)c1. The fourth-order valence-electron chi connectivity index (χ4n) is 2.95. The van der Waals surface area contributed by atoms with Crippen LogP contribution in [0.15, 0.2) is 88.0 Å². The van der Waals surface area contributed by atoms with Gasteiger partial charge in [-0.15, -0.1) is 0 Å². The number of aryl methyl sites for hydroxylation is 1. The summed E-state index contributed by atoms with van der Waals surface area (Å²) in [6, 6.07) is 23.2. The van der Waals surface area contributed by atoms with Crippen molar-refractivity contribution < 1.29 is 14.3 Å². The zero-order valence-electron chi connectivity index (χ0n) is 15.8. The number of halogens is 1. The molecule has 1 heterocycles. The lowest BCUT2D eigenvalue weighted by Crippen LogP contribution is -2.05. The summed E-state index contributed by atoms with van der Waals surface area (Å²) in [5.41, 5.74) is 4.14. The summed E-state index contributed by atoms with van der Waals surface area (Å²) in [5.74, 6) is 0.568. The zero-order valence-corrected chi connectivity index (χ0v) is 17.3. The van der Waals surface area contributed by atoms with Crippen molar-refractivity contribution in [1.82, 2.24) is 0 Å². The summed E-state index contributed by atoms with van der Waals surface area (Å²) < 4.78 is 12.2. The molecule has 0 amide bonds. The van der Waals surface area contributed by atoms with Gasteiger partial charge in [-0.1, -0.05) is 57.9 Å². The van der Waals surface area contributed by atoms with Gasteiger partial charge in [-0.05, 0) is 60.5 Å². The first-order valence-corrected chi connectivity index (χ1v) is 9.93. The molecule has 0 bridgehead atoms. The lowest BCUT2D eigenvalue weighted by atomic mass is 10.1. The van der Waals surface area contributed by atoms with Crippen LogP contribution in [0.2, 0.25) is 0 Å². The van der Waals surface area contributed by atoms with E-state index in [0.29, 0.717) is 12.5 Å². The van der Waals surface area contributed by atoms with E-state index in [-0.39, 0.29) is 5.70 Å². The Morgan fingerprint density at radius 2 is 1.83 bits per heavy atom. The number of carbonyl (C=O) groups is 1. The van der Waals surface area contributed by atoms with Crippen LogP contribution in [0.25, 0.3) is 6.08 Å². The first kappa shape index (κ1) is 19.2. The number of nitrogens with zero attached hydrogens (tertiary/aromatic N) is 1. The number of carbonyl (C=O) groups excluding carboxylic acids is 1. The summed E-state index contributed by atoms with van der Waals surface area (Å²) in [4.78, 5) is 16.6. The number of cyclic esters (lactones) is 1. The number of benzene rings is 3. The topological polar surface area (TPSA) is 47.9 Å². The lowest BCUT2D eigenvalue weighted by molar-refractivity contribution is -0.129. The van der Waals surface area contributed by atoms with Crippen LogP contribution in [0, 0.1) is 6.92 Å². The average Bonchev–Trinajstić information content (AvgIpc) is 3.08. The van der Waals surface area contributed by atoms with Gasteiger partial charge in [0.25, 0.3) is 0 Å². The van der Waals surface area contributed by atoms with Gasteiger partial charge in [-0.25, -0.2) is 9.79 Å². The highest BCUT2D eigenvalue weighted by molar-refractivity contribution is 9.10. The fourth-order valence-corrected chi connectivity index (χ4v) is 3.21. The molecule has 0 atom stereocenters. The van der Waals surface area contributed by atoms with Gasteiger partial charge >= 0.3 is 5.97 Å². The summed E-state index contributed by atoms with van der Waals surface area (Å²) in [6.45, 7) is 2.54. The Bertz CT molecular complexity index is 1120. The molecule has 0 fully saturated rings. The fraction of sp³-hybridized carbons (Fsp3) is 0.0833. The highest BCUT2D eigenvalue weighted by Crippen LogP contribution is 2.22. The van der Waals surface area contributed by atoms with Crippen molar-refractivity contribution in [1.29, 1.82) is 0 Å². The quantitative estimate of drug-likeness (QED) is 0.373. The molecule has 29 heavy (non-hydrogen) atoms. The molecular formula is C24H18BrNO3. The Morgan fingerprint density at radius 1 is 1.03 bits per heavy atom. The first-order chi connectivity index (χ1) is 14.1. The predicted molar refractivity (Wildman–Crippen MR) is 117 cm³/mol. The second-order valence-corrected chi connectivity index (χ2v) is 7.61. The summed E-state index contributed by atoms with van der Waals surface area (Å²) in [5, 5.41) is 0. The molecule has 0 radical (unpaired) electrons. The molecule has 0 saturated heterocycles. The van der Waals surface area contributed by atoms with Crippen molar-refractivity contribution in [3.8, 4) is 5.75 Å². The smallest absolute Gasteiger partial charge is 0.363 e. The van der Waals surface area contributed by atoms with Crippen LogP contribution in [-0.2, 0) is 16.1 Å². The Kier molecular flexibility index (Phi) is 5.58. The molecule has 1 aliphatic rings. The Morgan fingerprint density at radius 3 is 2.62 bits per heavy atom. The minimum Gasteiger partial charge on any atom is -0.489 e. The van der Waals surface area contributed by atoms with Crippen LogP contribution >= 0.6 is 15.9 Å². The van der Waals surface area contributed by atoms with E-state index in [9.17, 15) is 4.79 Å². The number of ether oxygens (including phenoxy) is 2. The highest BCUT2D eigenvalue weighted by atomic mass is 79.9. The van der Waals surface area contributed by atoms with Gasteiger partial charge < -0.3 is 9.47 Å². The molecule has 1 aliphatic heterocycles. The van der Waals surface area contributed by atoms with E-state index < -0.39 is 5.97 Å². The van der Waals surface area contributed by atoms with E-state index in [0.717, 1.165) is 26.9 Å². The third kappa shape index (κ3) is 4.81. The maximum Gasteiger partial charge on any atom is 0.363 e. The molecule has 0 unspecified atom stereocenters. The van der Waals surface area contributed by atoms with Crippen LogP contribution in [0.1, 0.15) is 22.3 Å². The van der Waals surface area contributed by atoms with Gasteiger partial charge in [0.05, 0.1) is 0 Å². The number of aliphatic imine (C=N–C) groups is 1. The molecule has 4 rings (SSSR count). The van der Waals surface area contributed by atoms with Crippen LogP contribution in [0.4, 0.5) is 0 Å². The summed E-state index contributed by atoms with van der Waals surface area (Å²) in [6.07, 6.45) is 1.70. The number of hydrogen-bond donors (Lipinski definition) is 0. The monoisotopic (exact) mass is 447 g/mol. The summed E-state index contributed by atoms with van der Waals surface area (Å²) in [7, 11) is 0. The van der Waals surface area contributed by atoms with Crippen LogP contribution in [0.3, 0.4) is 0 Å². The first-order valence-electron chi connectivity index (χ1n) is 9.14. The standard InChI is InChI=1S/C24H18BrNO3/c1-16-4-2-6-18(12-16)15-28-21-7-3-5-17(13-21)14-22-24(27)29-23(26-22)19-8-10-20(25)11-9-19/h2-14H,15H2,1H3/b22-14-. The van der Waals surface area contributed by atoms with Gasteiger partial charge in [0.2, 0.25) is 5.90 Å². The molecule has 144 valence electrons. The molecule has 0 aromatic heterocycles. The molecule has 3 aromatic carbocycles. The molecule has 0 aliphatic carbocycles. The third-order valence-corrected chi connectivity index (χ3v) is 4.89. The van der Waals surface area contributed by atoms with Gasteiger partial charge in [-0.3, -0.25) is 0 Å². The van der Waals surface area contributed by atoms with Crippen molar-refractivity contribution in [3.05, 3.63) is 105 Å². The molecule has 0 saturated carbocycles. The van der Waals surface area contributed by atoms with E-state index in [1.165, 1.54) is 5.56 Å². The van der Waals surface area contributed by atoms with Gasteiger partial charge in [0.15, 0.2) is 5.70 Å². The van der Waals surface area contributed by atoms with E-state index in [1.807, 2.05) is 60.7 Å². The van der Waals surface area contributed by atoms with Crippen LogP contribution in [-0.4, -0.2) is 11.9 Å². The van der Waals surface area contributed by atoms with E-state index in [4.69, 9.17) is 9.47 Å². The van der Waals surface area contributed by atoms with Crippen molar-refractivity contribution in [2.24, 2.45) is 4.99 Å². The average molecular weight is 448 g/mol. The van der Waals surface area contributed by atoms with Crippen molar-refractivity contribution in [2.75, 3.05) is 0 Å². The molecule has 5 heteroatoms. The predicted octanol–water partition coefficient (Wildman–Crippen LogP) is 5.68. The van der Waals surface area contributed by atoms with Crippen molar-refractivity contribution >= 4 is 33.9 Å². The van der Waals surface area contributed by atoms with Gasteiger partial charge in [0.1, 0.15) is 12.4 Å². The van der Waals surface area contributed by atoms with Crippen LogP contribution < -0.4 is 4.74 Å². The number of hydrogen-bond acceptors (Lipinski definition) is 4. The Labute approximate surface area is 177 Å². The Hall–Kier alpha value is -3.18. The molecule has 0 N–H and O–H groups in total. The maximum atomic E-state index is 12.2. The van der Waals surface area contributed by atoms with E-state index >= 15 is 0 Å². The lowest BCUT2D eigenvalue weighted by Gasteiger charge is -2.07. The second-order valence-electron chi connectivity index (χ2n) is 6.69. The normalized spacial score (nSPS) is 14.6. The van der Waals surface area contributed by atoms with Crippen molar-refractivity contribution in [3.63, 3.8) is 0 Å². The summed E-state index contributed by atoms with van der Waals surface area (Å²) >= 11 is 3.39. The van der Waals surface area contributed by atoms with E-state index in [1.54, 1.807) is 6.08 Å². The molecular weight excluding hydrogens is 430 g/mol.